The molecule has 7 aromatic rings. The highest BCUT2D eigenvalue weighted by atomic mass is 16.3. The monoisotopic (exact) mass is 463 g/mol. The highest BCUT2D eigenvalue weighted by Crippen LogP contribution is 2.37. The molecule has 0 radical (unpaired) electrons. The molecule has 0 saturated carbocycles. The molecular formula is C32H21N3O. The molecular weight excluding hydrogens is 442 g/mol. The van der Waals surface area contributed by atoms with Crippen LogP contribution < -0.4 is 4.90 Å². The minimum Gasteiger partial charge on any atom is -0.436 e. The molecule has 4 nitrogen and oxygen atoms in total. The normalized spacial score (nSPS) is 11.3. The van der Waals surface area contributed by atoms with Crippen molar-refractivity contribution in [2.75, 3.05) is 4.90 Å². The first-order valence-corrected chi connectivity index (χ1v) is 11.9. The standard InChI is InChI=1S/C32H21N3O/c1-2-9-25(10-3-1)35(27-19-16-24-20-23-8-4-5-11-28(23)33-30(24)21-27)26-17-14-22(15-18-26)32-34-29-12-6-7-13-31(29)36-32/h1-21H. The molecule has 0 aliphatic heterocycles. The number of oxazole rings is 1. The van der Waals surface area contributed by atoms with Gasteiger partial charge in [0.05, 0.1) is 11.0 Å². The molecule has 2 heterocycles. The molecule has 2 aromatic heterocycles. The lowest BCUT2D eigenvalue weighted by atomic mass is 10.1. The number of fused-ring (bicyclic) bond motifs is 3. The van der Waals surface area contributed by atoms with E-state index < -0.39 is 0 Å². The number of rotatable bonds is 4. The van der Waals surface area contributed by atoms with E-state index in [-0.39, 0.29) is 0 Å². The van der Waals surface area contributed by atoms with Crippen molar-refractivity contribution in [3.05, 3.63) is 127 Å². The third kappa shape index (κ3) is 3.56. The number of anilines is 3. The number of hydrogen-bond acceptors (Lipinski definition) is 4. The molecule has 0 saturated heterocycles. The number of para-hydroxylation sites is 4. The van der Waals surface area contributed by atoms with E-state index in [4.69, 9.17) is 9.40 Å². The molecule has 0 unspecified atom stereocenters. The molecule has 0 fully saturated rings. The van der Waals surface area contributed by atoms with Crippen LogP contribution in [0.25, 0.3) is 44.4 Å². The highest BCUT2D eigenvalue weighted by Gasteiger charge is 2.15. The second kappa shape index (κ2) is 8.36. The van der Waals surface area contributed by atoms with Gasteiger partial charge in [0.15, 0.2) is 5.58 Å². The summed E-state index contributed by atoms with van der Waals surface area (Å²) in [5, 5.41) is 2.27. The Bertz CT molecular complexity index is 1810. The van der Waals surface area contributed by atoms with Gasteiger partial charge in [-0.1, -0.05) is 54.6 Å². The summed E-state index contributed by atoms with van der Waals surface area (Å²) >= 11 is 0. The summed E-state index contributed by atoms with van der Waals surface area (Å²) in [6, 6.07) is 43.4. The van der Waals surface area contributed by atoms with Crippen molar-refractivity contribution in [1.82, 2.24) is 9.97 Å². The van der Waals surface area contributed by atoms with E-state index in [0.29, 0.717) is 5.89 Å². The van der Waals surface area contributed by atoms with E-state index in [1.807, 2.05) is 42.5 Å². The topological polar surface area (TPSA) is 42.2 Å². The van der Waals surface area contributed by atoms with Gasteiger partial charge in [0.1, 0.15) is 5.52 Å². The molecule has 0 atom stereocenters. The molecule has 0 amide bonds. The second-order valence-electron chi connectivity index (χ2n) is 8.76. The van der Waals surface area contributed by atoms with Crippen LogP contribution >= 0.6 is 0 Å². The summed E-state index contributed by atoms with van der Waals surface area (Å²) in [6.07, 6.45) is 0. The van der Waals surface area contributed by atoms with Crippen molar-refractivity contribution in [1.29, 1.82) is 0 Å². The SMILES string of the molecule is c1ccc(N(c2ccc(-c3nc4ccccc4o3)cc2)c2ccc3cc4ccccc4nc3c2)cc1. The van der Waals surface area contributed by atoms with Crippen LogP contribution in [0.5, 0.6) is 0 Å². The Morgan fingerprint density at radius 1 is 0.472 bits per heavy atom. The van der Waals surface area contributed by atoms with E-state index >= 15 is 0 Å². The fraction of sp³-hybridized carbons (Fsp3) is 0. The molecule has 170 valence electrons. The van der Waals surface area contributed by atoms with Crippen molar-refractivity contribution in [2.45, 2.75) is 0 Å². The first-order valence-electron chi connectivity index (χ1n) is 11.9. The number of nitrogens with zero attached hydrogens (tertiary/aromatic N) is 3. The number of pyridine rings is 1. The molecule has 5 aromatic carbocycles. The Labute approximate surface area is 208 Å². The van der Waals surface area contributed by atoms with Crippen LogP contribution in [-0.4, -0.2) is 9.97 Å². The summed E-state index contributed by atoms with van der Waals surface area (Å²) in [6.45, 7) is 0. The fourth-order valence-corrected chi connectivity index (χ4v) is 4.67. The summed E-state index contributed by atoms with van der Waals surface area (Å²) in [5.41, 5.74) is 7.72. The predicted molar refractivity (Wildman–Crippen MR) is 147 cm³/mol. The van der Waals surface area contributed by atoms with Gasteiger partial charge in [0, 0.05) is 33.4 Å². The third-order valence-corrected chi connectivity index (χ3v) is 6.44. The van der Waals surface area contributed by atoms with Crippen molar-refractivity contribution >= 4 is 50.0 Å². The van der Waals surface area contributed by atoms with Crippen LogP contribution in [-0.2, 0) is 0 Å². The second-order valence-corrected chi connectivity index (χ2v) is 8.76. The van der Waals surface area contributed by atoms with E-state index in [1.165, 1.54) is 0 Å². The van der Waals surface area contributed by atoms with Gasteiger partial charge in [-0.15, -0.1) is 0 Å². The average molecular weight is 464 g/mol. The van der Waals surface area contributed by atoms with Gasteiger partial charge in [-0.25, -0.2) is 9.97 Å². The van der Waals surface area contributed by atoms with Crippen LogP contribution in [0, 0.1) is 0 Å². The summed E-state index contributed by atoms with van der Waals surface area (Å²) in [7, 11) is 0. The van der Waals surface area contributed by atoms with Crippen molar-refractivity contribution in [3.63, 3.8) is 0 Å². The number of hydrogen-bond donors (Lipinski definition) is 0. The lowest BCUT2D eigenvalue weighted by Crippen LogP contribution is -2.09. The van der Waals surface area contributed by atoms with E-state index in [0.717, 1.165) is 55.5 Å². The number of benzene rings is 5. The molecule has 0 spiro atoms. The molecule has 0 aliphatic rings. The van der Waals surface area contributed by atoms with Gasteiger partial charge in [0.25, 0.3) is 0 Å². The van der Waals surface area contributed by atoms with Crippen LogP contribution in [0.3, 0.4) is 0 Å². The van der Waals surface area contributed by atoms with Crippen molar-refractivity contribution in [2.24, 2.45) is 0 Å². The van der Waals surface area contributed by atoms with Crippen molar-refractivity contribution < 1.29 is 4.42 Å². The fourth-order valence-electron chi connectivity index (χ4n) is 4.67. The first kappa shape index (κ1) is 20.4. The van der Waals surface area contributed by atoms with Crippen molar-refractivity contribution in [3.8, 4) is 11.5 Å². The van der Waals surface area contributed by atoms with Gasteiger partial charge < -0.3 is 9.32 Å². The Hall–Kier alpha value is -4.96. The number of aromatic nitrogens is 2. The minimum atomic E-state index is 0.621. The van der Waals surface area contributed by atoms with Crippen LogP contribution in [0.4, 0.5) is 17.1 Å². The van der Waals surface area contributed by atoms with E-state index in [1.54, 1.807) is 0 Å². The molecule has 0 N–H and O–H groups in total. The maximum absolute atomic E-state index is 5.97. The maximum Gasteiger partial charge on any atom is 0.227 e. The zero-order chi connectivity index (χ0) is 23.9. The summed E-state index contributed by atoms with van der Waals surface area (Å²) in [4.78, 5) is 11.8. The van der Waals surface area contributed by atoms with Gasteiger partial charge in [0.2, 0.25) is 5.89 Å². The predicted octanol–water partition coefficient (Wildman–Crippen LogP) is 8.67. The molecule has 7 rings (SSSR count). The summed E-state index contributed by atoms with van der Waals surface area (Å²) in [5.74, 6) is 0.621. The van der Waals surface area contributed by atoms with E-state index in [9.17, 15) is 0 Å². The first-order chi connectivity index (χ1) is 17.8. The largest absolute Gasteiger partial charge is 0.436 e. The molecule has 0 aliphatic carbocycles. The van der Waals surface area contributed by atoms with Crippen LogP contribution in [0.2, 0.25) is 0 Å². The highest BCUT2D eigenvalue weighted by molar-refractivity contribution is 5.95. The van der Waals surface area contributed by atoms with Gasteiger partial charge >= 0.3 is 0 Å². The molecule has 4 heteroatoms. The van der Waals surface area contributed by atoms with E-state index in [2.05, 4.69) is 94.8 Å². The zero-order valence-electron chi connectivity index (χ0n) is 19.4. The van der Waals surface area contributed by atoms with Gasteiger partial charge in [-0.2, -0.15) is 0 Å². The Morgan fingerprint density at radius 3 is 1.97 bits per heavy atom. The summed E-state index contributed by atoms with van der Waals surface area (Å²) < 4.78 is 5.97. The Balaban J connectivity index is 1.33. The lowest BCUT2D eigenvalue weighted by molar-refractivity contribution is 0.620. The lowest BCUT2D eigenvalue weighted by Gasteiger charge is -2.25. The molecule has 36 heavy (non-hydrogen) atoms. The third-order valence-electron chi connectivity index (χ3n) is 6.44. The van der Waals surface area contributed by atoms with Gasteiger partial charge in [-0.05, 0) is 72.8 Å². The van der Waals surface area contributed by atoms with Crippen LogP contribution in [0.15, 0.2) is 132 Å². The molecule has 0 bridgehead atoms. The van der Waals surface area contributed by atoms with Crippen LogP contribution in [0.1, 0.15) is 0 Å². The average Bonchev–Trinajstić information content (AvgIpc) is 3.37. The Kier molecular flexibility index (Phi) is 4.74. The van der Waals surface area contributed by atoms with Gasteiger partial charge in [-0.3, -0.25) is 0 Å². The zero-order valence-corrected chi connectivity index (χ0v) is 19.4. The minimum absolute atomic E-state index is 0.621. The smallest absolute Gasteiger partial charge is 0.227 e. The maximum atomic E-state index is 5.97. The quantitative estimate of drug-likeness (QED) is 0.245. The Morgan fingerprint density at radius 2 is 1.14 bits per heavy atom.